The zero-order valence-electron chi connectivity index (χ0n) is 10.2. The fourth-order valence-corrected chi connectivity index (χ4v) is 3.48. The Kier molecular flexibility index (Phi) is 4.81. The molecule has 0 unspecified atom stereocenters. The molecule has 0 aliphatic heterocycles. The van der Waals surface area contributed by atoms with Crippen LogP contribution in [0.15, 0.2) is 15.2 Å². The molecule has 2 N–H and O–H groups in total. The van der Waals surface area contributed by atoms with Gasteiger partial charge in [0.1, 0.15) is 0 Å². The van der Waals surface area contributed by atoms with Gasteiger partial charge in [0.25, 0.3) is 5.91 Å². The summed E-state index contributed by atoms with van der Waals surface area (Å²) in [7, 11) is 0. The fraction of sp³-hybridized carbons (Fsp3) is 0.615. The van der Waals surface area contributed by atoms with E-state index in [9.17, 15) is 9.90 Å². The van der Waals surface area contributed by atoms with E-state index in [1.54, 1.807) is 6.07 Å². The normalized spacial score (nSPS) is 19.2. The minimum Gasteiger partial charge on any atom is -0.388 e. The van der Waals surface area contributed by atoms with E-state index in [1.807, 2.05) is 5.38 Å². The van der Waals surface area contributed by atoms with Crippen molar-refractivity contribution in [1.82, 2.24) is 5.32 Å². The van der Waals surface area contributed by atoms with Crippen LogP contribution in [-0.4, -0.2) is 23.2 Å². The van der Waals surface area contributed by atoms with Gasteiger partial charge in [-0.25, -0.2) is 0 Å². The highest BCUT2D eigenvalue weighted by Gasteiger charge is 2.28. The van der Waals surface area contributed by atoms with E-state index in [-0.39, 0.29) is 5.91 Å². The highest BCUT2D eigenvalue weighted by Crippen LogP contribution is 2.26. The molecular weight excluding hydrogens is 314 g/mol. The molecule has 18 heavy (non-hydrogen) atoms. The third kappa shape index (κ3) is 3.80. The number of carbonyl (C=O) groups excluding carboxylic acids is 1. The Morgan fingerprint density at radius 1 is 1.39 bits per heavy atom. The van der Waals surface area contributed by atoms with Gasteiger partial charge in [0.2, 0.25) is 0 Å². The van der Waals surface area contributed by atoms with Crippen molar-refractivity contribution in [2.45, 2.75) is 44.1 Å². The van der Waals surface area contributed by atoms with E-state index in [0.29, 0.717) is 12.1 Å². The molecule has 3 nitrogen and oxygen atoms in total. The number of hydrogen-bond donors (Lipinski definition) is 2. The quantitative estimate of drug-likeness (QED) is 0.834. The Balaban J connectivity index is 1.88. The standard InChI is InChI=1S/C13H18BrNO2S/c14-11-7-10(8-18-11)12(16)15-9-13(17)5-3-1-2-4-6-13/h7-8,17H,1-6,9H2,(H,15,16). The van der Waals surface area contributed by atoms with Gasteiger partial charge in [0, 0.05) is 11.9 Å². The van der Waals surface area contributed by atoms with Crippen molar-refractivity contribution < 1.29 is 9.90 Å². The van der Waals surface area contributed by atoms with E-state index >= 15 is 0 Å². The molecule has 1 amide bonds. The van der Waals surface area contributed by atoms with Crippen LogP contribution in [0, 0.1) is 0 Å². The molecule has 0 bridgehead atoms. The first-order chi connectivity index (χ1) is 8.59. The SMILES string of the molecule is O=C(NCC1(O)CCCCCC1)c1csc(Br)c1. The fourth-order valence-electron chi connectivity index (χ4n) is 2.34. The monoisotopic (exact) mass is 331 g/mol. The van der Waals surface area contributed by atoms with Gasteiger partial charge in [-0.05, 0) is 34.8 Å². The molecule has 1 aliphatic rings. The van der Waals surface area contributed by atoms with Crippen molar-refractivity contribution in [3.05, 3.63) is 20.8 Å². The first kappa shape index (κ1) is 14.0. The van der Waals surface area contributed by atoms with Crippen molar-refractivity contribution >= 4 is 33.2 Å². The molecule has 0 atom stereocenters. The summed E-state index contributed by atoms with van der Waals surface area (Å²) < 4.78 is 0.945. The summed E-state index contributed by atoms with van der Waals surface area (Å²) in [5, 5.41) is 15.1. The van der Waals surface area contributed by atoms with Crippen molar-refractivity contribution in [1.29, 1.82) is 0 Å². The molecule has 0 radical (unpaired) electrons. The third-order valence-corrected chi connectivity index (χ3v) is 4.95. The van der Waals surface area contributed by atoms with Crippen LogP contribution in [0.1, 0.15) is 48.9 Å². The molecule has 5 heteroatoms. The minimum absolute atomic E-state index is 0.102. The summed E-state index contributed by atoms with van der Waals surface area (Å²) in [4.78, 5) is 11.9. The zero-order valence-corrected chi connectivity index (χ0v) is 12.6. The van der Waals surface area contributed by atoms with Gasteiger partial charge in [0.05, 0.1) is 15.0 Å². The van der Waals surface area contributed by atoms with E-state index in [0.717, 1.165) is 29.5 Å². The summed E-state index contributed by atoms with van der Waals surface area (Å²) in [6, 6.07) is 1.80. The Hall–Kier alpha value is -0.390. The van der Waals surface area contributed by atoms with Crippen LogP contribution in [0.2, 0.25) is 0 Å². The van der Waals surface area contributed by atoms with Crippen LogP contribution >= 0.6 is 27.3 Å². The topological polar surface area (TPSA) is 49.3 Å². The van der Waals surface area contributed by atoms with Crippen molar-refractivity contribution in [3.63, 3.8) is 0 Å². The molecule has 1 heterocycles. The first-order valence-electron chi connectivity index (χ1n) is 6.34. The predicted octanol–water partition coefficient (Wildman–Crippen LogP) is 3.33. The number of aliphatic hydroxyl groups is 1. The molecule has 1 aliphatic carbocycles. The number of nitrogens with one attached hydrogen (secondary N) is 1. The third-order valence-electron chi connectivity index (χ3n) is 3.44. The lowest BCUT2D eigenvalue weighted by Gasteiger charge is -2.26. The summed E-state index contributed by atoms with van der Waals surface area (Å²) in [6.45, 7) is 0.360. The molecule has 0 aromatic carbocycles. The second kappa shape index (κ2) is 6.17. The lowest BCUT2D eigenvalue weighted by Crippen LogP contribution is -2.42. The van der Waals surface area contributed by atoms with Gasteiger partial charge in [-0.1, -0.05) is 25.7 Å². The summed E-state index contributed by atoms with van der Waals surface area (Å²) in [6.07, 6.45) is 6.06. The van der Waals surface area contributed by atoms with E-state index in [1.165, 1.54) is 24.2 Å². The van der Waals surface area contributed by atoms with Gasteiger partial charge in [-0.2, -0.15) is 0 Å². The second-order valence-electron chi connectivity index (χ2n) is 4.96. The number of halogens is 1. The van der Waals surface area contributed by atoms with Crippen molar-refractivity contribution in [2.75, 3.05) is 6.54 Å². The molecule has 0 saturated heterocycles. The average molecular weight is 332 g/mol. The van der Waals surface area contributed by atoms with Crippen LogP contribution in [0.5, 0.6) is 0 Å². The van der Waals surface area contributed by atoms with E-state index < -0.39 is 5.60 Å². The van der Waals surface area contributed by atoms with Crippen LogP contribution in [0.25, 0.3) is 0 Å². The highest BCUT2D eigenvalue weighted by molar-refractivity contribution is 9.11. The van der Waals surface area contributed by atoms with Crippen LogP contribution in [0.3, 0.4) is 0 Å². The van der Waals surface area contributed by atoms with Crippen molar-refractivity contribution in [2.24, 2.45) is 0 Å². The Morgan fingerprint density at radius 3 is 2.61 bits per heavy atom. The van der Waals surface area contributed by atoms with Gasteiger partial charge in [-0.15, -0.1) is 11.3 Å². The maximum absolute atomic E-state index is 11.9. The highest BCUT2D eigenvalue weighted by atomic mass is 79.9. The Labute approximate surface area is 120 Å². The molecular formula is C13H18BrNO2S. The van der Waals surface area contributed by atoms with E-state index in [4.69, 9.17) is 0 Å². The lowest BCUT2D eigenvalue weighted by atomic mass is 9.94. The molecule has 1 aromatic heterocycles. The molecule has 100 valence electrons. The number of hydrogen-bond acceptors (Lipinski definition) is 3. The Bertz CT molecular complexity index is 411. The minimum atomic E-state index is -0.709. The number of amides is 1. The second-order valence-corrected chi connectivity index (χ2v) is 7.25. The number of thiophene rings is 1. The zero-order chi connectivity index (χ0) is 13.0. The maximum Gasteiger partial charge on any atom is 0.252 e. The molecule has 1 aromatic rings. The van der Waals surface area contributed by atoms with Crippen LogP contribution in [0.4, 0.5) is 0 Å². The number of carbonyl (C=O) groups is 1. The molecule has 2 rings (SSSR count). The van der Waals surface area contributed by atoms with Gasteiger partial charge in [0.15, 0.2) is 0 Å². The Morgan fingerprint density at radius 2 is 2.06 bits per heavy atom. The first-order valence-corrected chi connectivity index (χ1v) is 8.01. The van der Waals surface area contributed by atoms with Crippen LogP contribution in [-0.2, 0) is 0 Å². The summed E-state index contributed by atoms with van der Waals surface area (Å²) in [5.41, 5.74) is -0.0523. The average Bonchev–Trinajstić information content (AvgIpc) is 2.66. The maximum atomic E-state index is 11.9. The smallest absolute Gasteiger partial charge is 0.252 e. The molecule has 0 spiro atoms. The predicted molar refractivity (Wildman–Crippen MR) is 77.0 cm³/mol. The molecule has 1 saturated carbocycles. The summed E-state index contributed by atoms with van der Waals surface area (Å²) in [5.74, 6) is -0.102. The molecule has 1 fully saturated rings. The largest absolute Gasteiger partial charge is 0.388 e. The van der Waals surface area contributed by atoms with Gasteiger partial charge in [-0.3, -0.25) is 4.79 Å². The number of rotatable bonds is 3. The lowest BCUT2D eigenvalue weighted by molar-refractivity contribution is 0.0246. The van der Waals surface area contributed by atoms with Crippen molar-refractivity contribution in [3.8, 4) is 0 Å². The van der Waals surface area contributed by atoms with Gasteiger partial charge < -0.3 is 10.4 Å². The van der Waals surface area contributed by atoms with Crippen LogP contribution < -0.4 is 5.32 Å². The van der Waals surface area contributed by atoms with E-state index in [2.05, 4.69) is 21.2 Å². The summed E-state index contributed by atoms with van der Waals surface area (Å²) >= 11 is 4.83. The van der Waals surface area contributed by atoms with Gasteiger partial charge >= 0.3 is 0 Å².